The molecule has 1 aromatic carbocycles. The molecule has 2 aromatic rings. The van der Waals surface area contributed by atoms with E-state index in [9.17, 15) is 24.1 Å². The lowest BCUT2D eigenvalue weighted by molar-refractivity contribution is -0.402. The first kappa shape index (κ1) is 23.9. The van der Waals surface area contributed by atoms with Gasteiger partial charge in [0.1, 0.15) is 16.8 Å². The van der Waals surface area contributed by atoms with Crippen molar-refractivity contribution in [3.63, 3.8) is 0 Å². The van der Waals surface area contributed by atoms with Gasteiger partial charge in [0.2, 0.25) is 5.76 Å². The third kappa shape index (κ3) is 5.38. The van der Waals surface area contributed by atoms with Crippen LogP contribution in [-0.4, -0.2) is 73.0 Å². The molecule has 2 heterocycles. The van der Waals surface area contributed by atoms with Gasteiger partial charge >= 0.3 is 17.9 Å². The number of ether oxygens (including phenoxy) is 1. The van der Waals surface area contributed by atoms with E-state index in [2.05, 4.69) is 5.43 Å². The zero-order valence-corrected chi connectivity index (χ0v) is 18.1. The van der Waals surface area contributed by atoms with Crippen LogP contribution < -0.4 is 15.2 Å². The van der Waals surface area contributed by atoms with E-state index in [-0.39, 0.29) is 25.5 Å². The van der Waals surface area contributed by atoms with E-state index in [0.29, 0.717) is 24.5 Å². The van der Waals surface area contributed by atoms with Crippen LogP contribution in [0.1, 0.15) is 17.5 Å². The number of amides is 2. The minimum atomic E-state index is -0.735. The number of aliphatic hydroxyl groups is 1. The molecule has 1 aromatic heterocycles. The van der Waals surface area contributed by atoms with Crippen molar-refractivity contribution in [3.8, 4) is 0 Å². The van der Waals surface area contributed by atoms with Gasteiger partial charge in [0.05, 0.1) is 30.6 Å². The van der Waals surface area contributed by atoms with Gasteiger partial charge in [0.25, 0.3) is 0 Å². The lowest BCUT2D eigenvalue weighted by Gasteiger charge is -2.26. The smallest absolute Gasteiger partial charge is 0.433 e. The van der Waals surface area contributed by atoms with Crippen LogP contribution in [0.25, 0.3) is 0 Å². The number of rotatable bonds is 10. The number of furan rings is 1. The van der Waals surface area contributed by atoms with Crippen molar-refractivity contribution in [2.45, 2.75) is 13.0 Å². The lowest BCUT2D eigenvalue weighted by atomic mass is 10.2. The highest BCUT2D eigenvalue weighted by Crippen LogP contribution is 2.28. The van der Waals surface area contributed by atoms with Crippen LogP contribution in [0.4, 0.5) is 26.4 Å². The van der Waals surface area contributed by atoms with Crippen LogP contribution in [0.5, 0.6) is 0 Å². The maximum absolute atomic E-state index is 14.8. The van der Waals surface area contributed by atoms with E-state index in [1.54, 1.807) is 17.0 Å². The summed E-state index contributed by atoms with van der Waals surface area (Å²) in [5.74, 6) is -1.85. The molecule has 0 aliphatic carbocycles. The van der Waals surface area contributed by atoms with Gasteiger partial charge < -0.3 is 19.2 Å². The highest BCUT2D eigenvalue weighted by atomic mass is 19.1. The summed E-state index contributed by atoms with van der Waals surface area (Å²) in [7, 11) is 1.44. The molecule has 0 unspecified atom stereocenters. The zero-order valence-electron chi connectivity index (χ0n) is 18.1. The highest BCUT2D eigenvalue weighted by molar-refractivity contribution is 5.91. The van der Waals surface area contributed by atoms with E-state index in [1.807, 2.05) is 6.92 Å². The number of benzene rings is 1. The molecule has 0 spiro atoms. The van der Waals surface area contributed by atoms with E-state index in [4.69, 9.17) is 14.3 Å². The summed E-state index contributed by atoms with van der Waals surface area (Å²) in [4.78, 5) is 37.2. The molecule has 2 amide bonds. The minimum absolute atomic E-state index is 0.134. The van der Waals surface area contributed by atoms with Gasteiger partial charge in [0, 0.05) is 26.7 Å². The Kier molecular flexibility index (Phi) is 7.45. The maximum atomic E-state index is 14.8. The number of hydrogen-bond acceptors (Lipinski definition) is 9. The normalized spacial score (nSPS) is 15.5. The van der Waals surface area contributed by atoms with Crippen molar-refractivity contribution in [1.29, 1.82) is 0 Å². The van der Waals surface area contributed by atoms with E-state index < -0.39 is 34.7 Å². The molecule has 0 radical (unpaired) electrons. The zero-order chi connectivity index (χ0) is 24.1. The maximum Gasteiger partial charge on any atom is 0.433 e. The molecule has 2 N–H and O–H groups in total. The van der Waals surface area contributed by atoms with E-state index in [1.165, 1.54) is 24.1 Å². The molecule has 1 atom stereocenters. The van der Waals surface area contributed by atoms with Gasteiger partial charge in [-0.2, -0.15) is 0 Å². The topological polar surface area (TPSA) is 142 Å². The van der Waals surface area contributed by atoms with Crippen molar-refractivity contribution in [2.24, 2.45) is 0 Å². The average Bonchev–Trinajstić information content (AvgIpc) is 3.43. The predicted octanol–water partition coefficient (Wildman–Crippen LogP) is 1.75. The first-order chi connectivity index (χ1) is 15.7. The van der Waals surface area contributed by atoms with Crippen molar-refractivity contribution < 1.29 is 33.2 Å². The van der Waals surface area contributed by atoms with Crippen molar-refractivity contribution >= 4 is 29.3 Å². The summed E-state index contributed by atoms with van der Waals surface area (Å²) >= 11 is 0. The molecule has 1 fully saturated rings. The first-order valence-electron chi connectivity index (χ1n) is 10.1. The Balaban J connectivity index is 1.58. The Morgan fingerprint density at radius 3 is 2.73 bits per heavy atom. The number of cyclic esters (lactones) is 1. The summed E-state index contributed by atoms with van der Waals surface area (Å²) in [6, 6.07) is 6.68. The average molecular weight is 465 g/mol. The molecule has 3 rings (SSSR count). The van der Waals surface area contributed by atoms with Crippen LogP contribution in [0.2, 0.25) is 0 Å². The number of hydrogen-bond donors (Lipinski definition) is 2. The van der Waals surface area contributed by atoms with Crippen LogP contribution in [0.3, 0.4) is 0 Å². The number of carbonyl (C=O) groups is 2. The van der Waals surface area contributed by atoms with Crippen molar-refractivity contribution in [2.75, 3.05) is 49.6 Å². The van der Waals surface area contributed by atoms with Gasteiger partial charge in [-0.3, -0.25) is 24.8 Å². The fourth-order valence-corrected chi connectivity index (χ4v) is 3.33. The standard InChI is InChI=1S/C20H24FN5O7/c1-3-24(9-8-22-23(2)19(28)17-6-7-18(33-17)26(30)31)16-5-4-13(10-15(16)21)25-11-14(12-27)32-20(25)29/h4-7,10,14,22,27H,3,8-9,11-12H2,1-2H3/t14-/m1/s1. The second kappa shape index (κ2) is 10.3. The Bertz CT molecular complexity index is 1030. The number of aliphatic hydroxyl groups excluding tert-OH is 1. The Labute approximate surface area is 188 Å². The Morgan fingerprint density at radius 1 is 1.39 bits per heavy atom. The quantitative estimate of drug-likeness (QED) is 0.396. The van der Waals surface area contributed by atoms with E-state index >= 15 is 0 Å². The summed E-state index contributed by atoms with van der Waals surface area (Å²) in [6.45, 7) is 2.73. The monoisotopic (exact) mass is 465 g/mol. The third-order valence-corrected chi connectivity index (χ3v) is 5.06. The van der Waals surface area contributed by atoms with Crippen LogP contribution in [0, 0.1) is 15.9 Å². The molecule has 178 valence electrons. The first-order valence-corrected chi connectivity index (χ1v) is 10.1. The highest BCUT2D eigenvalue weighted by Gasteiger charge is 2.32. The number of nitro groups is 1. The largest absolute Gasteiger partial charge is 0.441 e. The van der Waals surface area contributed by atoms with Crippen LogP contribution in [-0.2, 0) is 4.74 Å². The molecule has 12 nitrogen and oxygen atoms in total. The second-order valence-electron chi connectivity index (χ2n) is 7.18. The number of nitrogens with zero attached hydrogens (tertiary/aromatic N) is 4. The Morgan fingerprint density at radius 2 is 2.15 bits per heavy atom. The van der Waals surface area contributed by atoms with Gasteiger partial charge in [-0.15, -0.1) is 0 Å². The van der Waals surface area contributed by atoms with Crippen LogP contribution in [0.15, 0.2) is 34.7 Å². The summed E-state index contributed by atoms with van der Waals surface area (Å²) in [5, 5.41) is 21.0. The SMILES string of the molecule is CCN(CCNN(C)C(=O)c1ccc([N+](=O)[O-])o1)c1ccc(N2C[C@H](CO)OC2=O)cc1F. The number of likely N-dealkylation sites (N-methyl/N-ethyl adjacent to an activating group) is 1. The molecule has 1 aliphatic heterocycles. The number of nitrogens with one attached hydrogen (secondary N) is 1. The number of halogens is 1. The summed E-state index contributed by atoms with van der Waals surface area (Å²) < 4.78 is 24.7. The lowest BCUT2D eigenvalue weighted by Crippen LogP contribution is -2.43. The van der Waals surface area contributed by atoms with E-state index in [0.717, 1.165) is 11.1 Å². The number of hydrazine groups is 1. The van der Waals surface area contributed by atoms with Crippen molar-refractivity contribution in [3.05, 3.63) is 52.0 Å². The fraction of sp³-hybridized carbons (Fsp3) is 0.400. The van der Waals surface area contributed by atoms with Gasteiger partial charge in [-0.1, -0.05) is 0 Å². The van der Waals surface area contributed by atoms with Gasteiger partial charge in [-0.05, 0) is 31.2 Å². The number of anilines is 2. The molecule has 1 aliphatic rings. The Hall–Kier alpha value is -3.71. The molecule has 1 saturated heterocycles. The third-order valence-electron chi connectivity index (χ3n) is 5.06. The predicted molar refractivity (Wildman–Crippen MR) is 114 cm³/mol. The summed E-state index contributed by atoms with van der Waals surface area (Å²) in [6.07, 6.45) is -1.29. The molecular formula is C20H24FN5O7. The molecule has 13 heteroatoms. The van der Waals surface area contributed by atoms with Gasteiger partial charge in [0.15, 0.2) is 0 Å². The second-order valence-corrected chi connectivity index (χ2v) is 7.18. The molecule has 33 heavy (non-hydrogen) atoms. The minimum Gasteiger partial charge on any atom is -0.441 e. The van der Waals surface area contributed by atoms with Gasteiger partial charge in [-0.25, -0.2) is 14.6 Å². The van der Waals surface area contributed by atoms with Crippen LogP contribution >= 0.6 is 0 Å². The summed E-state index contributed by atoms with van der Waals surface area (Å²) in [5.41, 5.74) is 3.48. The van der Waals surface area contributed by atoms with Crippen molar-refractivity contribution in [1.82, 2.24) is 10.4 Å². The molecular weight excluding hydrogens is 441 g/mol. The molecule has 0 saturated carbocycles. The molecule has 0 bridgehead atoms. The number of carbonyl (C=O) groups excluding carboxylic acids is 2. The fourth-order valence-electron chi connectivity index (χ4n) is 3.33.